The fourth-order valence-corrected chi connectivity index (χ4v) is 3.04. The predicted molar refractivity (Wildman–Crippen MR) is 119 cm³/mol. The average molecular weight is 392 g/mol. The van der Waals surface area contributed by atoms with Crippen LogP contribution in [0, 0.1) is 6.92 Å². The van der Waals surface area contributed by atoms with Crippen molar-refractivity contribution in [1.29, 1.82) is 0 Å². The van der Waals surface area contributed by atoms with Gasteiger partial charge in [0.05, 0.1) is 31.0 Å². The number of nitrogens with zero attached hydrogens (tertiary/aromatic N) is 3. The van der Waals surface area contributed by atoms with Crippen molar-refractivity contribution in [3.05, 3.63) is 52.7 Å². The van der Waals surface area contributed by atoms with E-state index in [9.17, 15) is 0 Å². The molecule has 1 aromatic carbocycles. The van der Waals surface area contributed by atoms with Gasteiger partial charge in [-0.2, -0.15) is 0 Å². The maximum absolute atomic E-state index is 5.55. The third-order valence-corrected chi connectivity index (χ3v) is 4.39. The molecule has 2 aromatic heterocycles. The van der Waals surface area contributed by atoms with Crippen LogP contribution in [-0.4, -0.2) is 29.2 Å². The molecule has 0 N–H and O–H groups in total. The van der Waals surface area contributed by atoms with Gasteiger partial charge in [-0.25, -0.2) is 15.0 Å². The Hall–Kier alpha value is -3.21. The minimum atomic E-state index is 0.570. The number of pyridine rings is 1. The SMILES string of the molecule is C/C=c1/c(-c2ccccc2OC)nc(-c2ccc(OC)c(C)n2)n/c1=C/C.CC. The third kappa shape index (κ3) is 4.62. The summed E-state index contributed by atoms with van der Waals surface area (Å²) in [7, 11) is 3.30. The lowest BCUT2D eigenvalue weighted by Crippen LogP contribution is -2.32. The highest BCUT2D eigenvalue weighted by molar-refractivity contribution is 5.70. The maximum Gasteiger partial charge on any atom is 0.179 e. The van der Waals surface area contributed by atoms with Crippen LogP contribution in [0.3, 0.4) is 0 Å². The first kappa shape index (κ1) is 22.1. The van der Waals surface area contributed by atoms with Crippen molar-refractivity contribution in [3.8, 4) is 34.3 Å². The highest BCUT2D eigenvalue weighted by Crippen LogP contribution is 2.27. The average Bonchev–Trinajstić information content (AvgIpc) is 2.79. The van der Waals surface area contributed by atoms with Crippen LogP contribution in [0.4, 0.5) is 0 Å². The molecule has 5 heteroatoms. The Bertz CT molecular complexity index is 1090. The molecule has 0 atom stereocenters. The van der Waals surface area contributed by atoms with Crippen LogP contribution in [0.1, 0.15) is 33.4 Å². The molecule has 5 nitrogen and oxygen atoms in total. The summed E-state index contributed by atoms with van der Waals surface area (Å²) in [5, 5.41) is 1.83. The monoisotopic (exact) mass is 391 g/mol. The van der Waals surface area contributed by atoms with Crippen LogP contribution in [0.5, 0.6) is 11.5 Å². The quantitative estimate of drug-likeness (QED) is 0.668. The van der Waals surface area contributed by atoms with E-state index in [0.717, 1.165) is 39.0 Å². The number of aromatic nitrogens is 3. The zero-order chi connectivity index (χ0) is 21.4. The number of benzene rings is 1. The third-order valence-electron chi connectivity index (χ3n) is 4.39. The molecule has 0 saturated heterocycles. The number of hydrogen-bond acceptors (Lipinski definition) is 5. The van der Waals surface area contributed by atoms with Gasteiger partial charge in [0.2, 0.25) is 0 Å². The van der Waals surface area contributed by atoms with Gasteiger partial charge in [-0.1, -0.05) is 38.1 Å². The Morgan fingerprint density at radius 1 is 0.793 bits per heavy atom. The van der Waals surface area contributed by atoms with Crippen molar-refractivity contribution in [2.24, 2.45) is 0 Å². The molecule has 0 spiro atoms. The summed E-state index contributed by atoms with van der Waals surface area (Å²) in [6.45, 7) is 9.86. The van der Waals surface area contributed by atoms with Gasteiger partial charge in [0, 0.05) is 10.8 Å². The summed E-state index contributed by atoms with van der Waals surface area (Å²) in [5.74, 6) is 2.08. The van der Waals surface area contributed by atoms with Crippen molar-refractivity contribution >= 4 is 12.2 Å². The van der Waals surface area contributed by atoms with Crippen molar-refractivity contribution in [3.63, 3.8) is 0 Å². The Morgan fingerprint density at radius 2 is 1.48 bits per heavy atom. The molecule has 3 rings (SSSR count). The first-order valence-corrected chi connectivity index (χ1v) is 9.79. The molecule has 0 amide bonds. The Balaban J connectivity index is 0.00000145. The second-order valence-corrected chi connectivity index (χ2v) is 5.96. The van der Waals surface area contributed by atoms with Crippen LogP contribution in [0.2, 0.25) is 0 Å². The van der Waals surface area contributed by atoms with E-state index >= 15 is 0 Å². The molecule has 2 heterocycles. The molecular weight excluding hydrogens is 362 g/mol. The summed E-state index contributed by atoms with van der Waals surface area (Å²) >= 11 is 0. The number of rotatable bonds is 4. The number of hydrogen-bond donors (Lipinski definition) is 0. The Labute approximate surface area is 172 Å². The van der Waals surface area contributed by atoms with Gasteiger partial charge >= 0.3 is 0 Å². The van der Waals surface area contributed by atoms with Gasteiger partial charge in [-0.05, 0) is 45.0 Å². The van der Waals surface area contributed by atoms with Gasteiger partial charge in [-0.15, -0.1) is 0 Å². The van der Waals surface area contributed by atoms with E-state index in [1.165, 1.54) is 0 Å². The van der Waals surface area contributed by atoms with Crippen LogP contribution in [-0.2, 0) is 0 Å². The molecule has 3 aromatic rings. The van der Waals surface area contributed by atoms with Crippen LogP contribution in [0.15, 0.2) is 36.4 Å². The van der Waals surface area contributed by atoms with Gasteiger partial charge in [0.1, 0.15) is 17.2 Å². The van der Waals surface area contributed by atoms with E-state index < -0.39 is 0 Å². The second kappa shape index (κ2) is 10.4. The molecule has 0 aliphatic rings. The van der Waals surface area contributed by atoms with Crippen LogP contribution in [0.25, 0.3) is 34.9 Å². The van der Waals surface area contributed by atoms with Gasteiger partial charge in [0.15, 0.2) is 5.82 Å². The molecule has 29 heavy (non-hydrogen) atoms. The van der Waals surface area contributed by atoms with Crippen LogP contribution >= 0.6 is 0 Å². The summed E-state index contributed by atoms with van der Waals surface area (Å²) in [4.78, 5) is 14.2. The first-order chi connectivity index (χ1) is 14.1. The van der Waals surface area contributed by atoms with Crippen molar-refractivity contribution in [1.82, 2.24) is 15.0 Å². The molecule has 0 saturated carbocycles. The largest absolute Gasteiger partial charge is 0.496 e. The zero-order valence-electron chi connectivity index (χ0n) is 18.3. The van der Waals surface area contributed by atoms with Crippen molar-refractivity contribution in [2.75, 3.05) is 14.2 Å². The lowest BCUT2D eigenvalue weighted by Gasteiger charge is -2.11. The number of methoxy groups -OCH3 is 2. The van der Waals surface area contributed by atoms with E-state index in [-0.39, 0.29) is 0 Å². The smallest absolute Gasteiger partial charge is 0.179 e. The second-order valence-electron chi connectivity index (χ2n) is 5.96. The van der Waals surface area contributed by atoms with E-state index in [1.807, 2.05) is 83.2 Å². The minimum absolute atomic E-state index is 0.570. The fourth-order valence-electron chi connectivity index (χ4n) is 3.04. The molecule has 0 aliphatic carbocycles. The van der Waals surface area contributed by atoms with Crippen molar-refractivity contribution < 1.29 is 9.47 Å². The van der Waals surface area contributed by atoms with E-state index in [1.54, 1.807) is 14.2 Å². The molecule has 0 unspecified atom stereocenters. The summed E-state index contributed by atoms with van der Waals surface area (Å²) in [5.41, 5.74) is 3.24. The van der Waals surface area contributed by atoms with E-state index in [0.29, 0.717) is 11.5 Å². The lowest BCUT2D eigenvalue weighted by molar-refractivity contribution is 0.409. The molecule has 0 bridgehead atoms. The Morgan fingerprint density at radius 3 is 2.07 bits per heavy atom. The number of aryl methyl sites for hydroxylation is 1. The topological polar surface area (TPSA) is 57.1 Å². The highest BCUT2D eigenvalue weighted by Gasteiger charge is 2.14. The number of para-hydroxylation sites is 1. The van der Waals surface area contributed by atoms with Crippen LogP contribution < -0.4 is 20.0 Å². The molecule has 0 radical (unpaired) electrons. The summed E-state index contributed by atoms with van der Waals surface area (Å²) in [6, 6.07) is 11.6. The maximum atomic E-state index is 5.55. The molecule has 0 fully saturated rings. The van der Waals surface area contributed by atoms with Gasteiger partial charge in [0.25, 0.3) is 0 Å². The van der Waals surface area contributed by atoms with Gasteiger partial charge in [-0.3, -0.25) is 0 Å². The molecular formula is C24H29N3O2. The lowest BCUT2D eigenvalue weighted by atomic mass is 10.1. The van der Waals surface area contributed by atoms with Gasteiger partial charge < -0.3 is 9.47 Å². The standard InChI is InChI=1S/C22H23N3O2.C2H6/c1-6-15-17(7-2)24-22(18-12-13-19(26-4)14(3)23-18)25-21(15)16-10-8-9-11-20(16)27-5;1-2/h6-13H,1-5H3;1-2H3/b15-6+,17-7+;. The zero-order valence-corrected chi connectivity index (χ0v) is 18.3. The van der Waals surface area contributed by atoms with Crippen molar-refractivity contribution in [2.45, 2.75) is 34.6 Å². The Kier molecular flexibility index (Phi) is 7.89. The normalized spacial score (nSPS) is 11.7. The summed E-state index contributed by atoms with van der Waals surface area (Å²) in [6.07, 6.45) is 4.00. The van der Waals surface area contributed by atoms with E-state index in [2.05, 4.69) is 4.98 Å². The molecule has 152 valence electrons. The van der Waals surface area contributed by atoms with E-state index in [4.69, 9.17) is 19.4 Å². The highest BCUT2D eigenvalue weighted by atomic mass is 16.5. The molecule has 0 aliphatic heterocycles. The number of ether oxygens (including phenoxy) is 2. The fraction of sp³-hybridized carbons (Fsp3) is 0.292. The summed E-state index contributed by atoms with van der Waals surface area (Å²) < 4.78 is 10.9. The first-order valence-electron chi connectivity index (χ1n) is 9.79. The minimum Gasteiger partial charge on any atom is -0.496 e. The predicted octanol–water partition coefficient (Wildman–Crippen LogP) is 4.16.